The second-order valence-electron chi connectivity index (χ2n) is 4.32. The van der Waals surface area contributed by atoms with Crippen molar-refractivity contribution in [2.45, 2.75) is 18.9 Å². The second kappa shape index (κ2) is 4.81. The summed E-state index contributed by atoms with van der Waals surface area (Å²) in [6.45, 7) is 5.04. The highest BCUT2D eigenvalue weighted by Gasteiger charge is 2.22. The number of β-amino-alcohol motifs (C(OH)–C–C–N with tert-alkyl or cyclic N) is 1. The Balaban J connectivity index is 1.70. The summed E-state index contributed by atoms with van der Waals surface area (Å²) in [4.78, 5) is 15.3. The van der Waals surface area contributed by atoms with Crippen molar-refractivity contribution in [2.75, 3.05) is 39.3 Å². The first kappa shape index (κ1) is 10.7. The van der Waals surface area contributed by atoms with Crippen LogP contribution in [0.3, 0.4) is 0 Å². The molecule has 2 heterocycles. The minimum absolute atomic E-state index is 0.0487. The maximum atomic E-state index is 11.3. The van der Waals surface area contributed by atoms with E-state index in [0.29, 0.717) is 0 Å². The average Bonchev–Trinajstić information content (AvgIpc) is 2.61. The average molecular weight is 213 g/mol. The molecule has 1 atom stereocenters. The van der Waals surface area contributed by atoms with Crippen molar-refractivity contribution in [2.24, 2.45) is 0 Å². The van der Waals surface area contributed by atoms with E-state index in [4.69, 9.17) is 0 Å². The lowest BCUT2D eigenvalue weighted by Gasteiger charge is -2.31. The predicted octanol–water partition coefficient (Wildman–Crippen LogP) is -0.532. The number of hydrogen-bond donors (Lipinski definition) is 2. The van der Waals surface area contributed by atoms with Gasteiger partial charge in [-0.25, -0.2) is 4.79 Å². The highest BCUT2D eigenvalue weighted by atomic mass is 16.3. The Hall–Kier alpha value is -0.810. The quantitative estimate of drug-likeness (QED) is 0.662. The van der Waals surface area contributed by atoms with Crippen molar-refractivity contribution < 1.29 is 9.90 Å². The summed E-state index contributed by atoms with van der Waals surface area (Å²) >= 11 is 0. The number of aliphatic hydroxyl groups excluding tert-OH is 1. The van der Waals surface area contributed by atoms with Crippen molar-refractivity contribution in [3.05, 3.63) is 0 Å². The smallest absolute Gasteiger partial charge is 0.317 e. The molecule has 0 aromatic rings. The molecule has 2 fully saturated rings. The molecule has 0 bridgehead atoms. The number of carbonyl (C=O) groups excluding carboxylic acids is 1. The van der Waals surface area contributed by atoms with Gasteiger partial charge in [-0.2, -0.15) is 0 Å². The number of aliphatic hydroxyl groups is 1. The lowest BCUT2D eigenvalue weighted by molar-refractivity contribution is 0.0675. The molecule has 2 saturated heterocycles. The van der Waals surface area contributed by atoms with E-state index in [1.165, 1.54) is 0 Å². The molecule has 2 N–H and O–H groups in total. The number of piperidine rings is 1. The maximum absolute atomic E-state index is 11.3. The van der Waals surface area contributed by atoms with Crippen molar-refractivity contribution in [1.82, 2.24) is 15.1 Å². The van der Waals surface area contributed by atoms with E-state index < -0.39 is 0 Å². The Morgan fingerprint density at radius 2 is 2.27 bits per heavy atom. The molecule has 0 spiro atoms. The third-order valence-electron chi connectivity index (χ3n) is 3.11. The summed E-state index contributed by atoms with van der Waals surface area (Å²) in [7, 11) is 0. The molecule has 0 aromatic heterocycles. The van der Waals surface area contributed by atoms with Crippen LogP contribution in [-0.4, -0.2) is 66.3 Å². The lowest BCUT2D eigenvalue weighted by atomic mass is 10.1. The Labute approximate surface area is 90.0 Å². The maximum Gasteiger partial charge on any atom is 0.317 e. The van der Waals surface area contributed by atoms with Gasteiger partial charge in [0.05, 0.1) is 6.10 Å². The molecular formula is C10H19N3O2. The molecule has 2 rings (SSSR count). The zero-order valence-corrected chi connectivity index (χ0v) is 8.98. The molecule has 2 aliphatic heterocycles. The van der Waals surface area contributed by atoms with Gasteiger partial charge >= 0.3 is 6.03 Å². The summed E-state index contributed by atoms with van der Waals surface area (Å²) in [6, 6.07) is 0.0487. The number of likely N-dealkylation sites (tertiary alicyclic amines) is 1. The van der Waals surface area contributed by atoms with Crippen LogP contribution in [0, 0.1) is 0 Å². The number of carbonyl (C=O) groups is 1. The largest absolute Gasteiger partial charge is 0.392 e. The normalized spacial score (nSPS) is 28.2. The fraction of sp³-hybridized carbons (Fsp3) is 0.900. The first-order chi connectivity index (χ1) is 7.25. The van der Waals surface area contributed by atoms with Gasteiger partial charge in [0.1, 0.15) is 0 Å². The third-order valence-corrected chi connectivity index (χ3v) is 3.11. The molecule has 1 unspecified atom stereocenters. The minimum atomic E-state index is -0.175. The van der Waals surface area contributed by atoms with E-state index in [1.54, 1.807) is 0 Å². The van der Waals surface area contributed by atoms with Crippen LogP contribution in [0.15, 0.2) is 0 Å². The van der Waals surface area contributed by atoms with Crippen LogP contribution in [0.25, 0.3) is 0 Å². The number of hydrogen-bond acceptors (Lipinski definition) is 3. The van der Waals surface area contributed by atoms with Crippen LogP contribution in [0.2, 0.25) is 0 Å². The van der Waals surface area contributed by atoms with E-state index >= 15 is 0 Å². The van der Waals surface area contributed by atoms with Crippen molar-refractivity contribution in [3.63, 3.8) is 0 Å². The molecule has 5 nitrogen and oxygen atoms in total. The van der Waals surface area contributed by atoms with Gasteiger partial charge in [-0.1, -0.05) is 0 Å². The van der Waals surface area contributed by atoms with Gasteiger partial charge in [0.2, 0.25) is 0 Å². The van der Waals surface area contributed by atoms with Crippen LogP contribution < -0.4 is 5.32 Å². The summed E-state index contributed by atoms with van der Waals surface area (Å²) in [5.41, 5.74) is 0. The number of rotatable bonds is 3. The van der Waals surface area contributed by atoms with Gasteiger partial charge in [0.25, 0.3) is 0 Å². The van der Waals surface area contributed by atoms with Crippen LogP contribution in [0.4, 0.5) is 4.79 Å². The second-order valence-corrected chi connectivity index (χ2v) is 4.32. The van der Waals surface area contributed by atoms with Crippen molar-refractivity contribution in [1.29, 1.82) is 0 Å². The molecule has 2 aliphatic rings. The first-order valence-corrected chi connectivity index (χ1v) is 5.69. The molecule has 0 aliphatic carbocycles. The van der Waals surface area contributed by atoms with Crippen LogP contribution in [0.5, 0.6) is 0 Å². The van der Waals surface area contributed by atoms with Crippen LogP contribution in [-0.2, 0) is 0 Å². The van der Waals surface area contributed by atoms with E-state index in [-0.39, 0.29) is 12.1 Å². The molecule has 15 heavy (non-hydrogen) atoms. The highest BCUT2D eigenvalue weighted by molar-refractivity contribution is 5.76. The number of nitrogens with zero attached hydrogens (tertiary/aromatic N) is 2. The van der Waals surface area contributed by atoms with Crippen molar-refractivity contribution >= 4 is 6.03 Å². The van der Waals surface area contributed by atoms with Crippen LogP contribution in [0.1, 0.15) is 12.8 Å². The Bertz CT molecular complexity index is 235. The first-order valence-electron chi connectivity index (χ1n) is 5.69. The minimum Gasteiger partial charge on any atom is -0.392 e. The number of urea groups is 1. The van der Waals surface area contributed by atoms with E-state index in [9.17, 15) is 9.90 Å². The third kappa shape index (κ3) is 2.82. The van der Waals surface area contributed by atoms with E-state index in [2.05, 4.69) is 10.2 Å². The lowest BCUT2D eigenvalue weighted by Crippen LogP contribution is -2.43. The molecule has 0 radical (unpaired) electrons. The van der Waals surface area contributed by atoms with Gasteiger partial charge in [0, 0.05) is 32.7 Å². The SMILES string of the molecule is O=C1NCCN1CCN1CCCC(O)C1. The highest BCUT2D eigenvalue weighted by Crippen LogP contribution is 2.09. The van der Waals surface area contributed by atoms with Gasteiger partial charge < -0.3 is 15.3 Å². The van der Waals surface area contributed by atoms with E-state index in [0.717, 1.165) is 52.1 Å². The van der Waals surface area contributed by atoms with Gasteiger partial charge in [-0.05, 0) is 19.4 Å². The summed E-state index contributed by atoms with van der Waals surface area (Å²) < 4.78 is 0. The molecule has 5 heteroatoms. The molecule has 2 amide bonds. The number of nitrogens with one attached hydrogen (secondary N) is 1. The van der Waals surface area contributed by atoms with Gasteiger partial charge in [-0.3, -0.25) is 4.90 Å². The Morgan fingerprint density at radius 3 is 2.93 bits per heavy atom. The van der Waals surface area contributed by atoms with Gasteiger partial charge in [0.15, 0.2) is 0 Å². The standard InChI is InChI=1S/C10H19N3O2/c14-9-2-1-4-12(8-9)6-7-13-5-3-11-10(13)15/h9,14H,1-8H2,(H,11,15). The number of amides is 2. The van der Waals surface area contributed by atoms with Crippen LogP contribution >= 0.6 is 0 Å². The van der Waals surface area contributed by atoms with Gasteiger partial charge in [-0.15, -0.1) is 0 Å². The fourth-order valence-corrected chi connectivity index (χ4v) is 2.22. The summed E-state index contributed by atoms with van der Waals surface area (Å²) in [6.07, 6.45) is 1.81. The Kier molecular flexibility index (Phi) is 3.43. The topological polar surface area (TPSA) is 55.8 Å². The summed E-state index contributed by atoms with van der Waals surface area (Å²) in [5.74, 6) is 0. The predicted molar refractivity (Wildman–Crippen MR) is 56.7 cm³/mol. The Morgan fingerprint density at radius 1 is 1.40 bits per heavy atom. The van der Waals surface area contributed by atoms with E-state index in [1.807, 2.05) is 4.90 Å². The fourth-order valence-electron chi connectivity index (χ4n) is 2.22. The molecule has 0 aromatic carbocycles. The zero-order chi connectivity index (χ0) is 10.7. The monoisotopic (exact) mass is 213 g/mol. The molecule has 86 valence electrons. The molecular weight excluding hydrogens is 194 g/mol. The molecule has 0 saturated carbocycles. The zero-order valence-electron chi connectivity index (χ0n) is 8.98. The summed E-state index contributed by atoms with van der Waals surface area (Å²) in [5, 5.41) is 12.3. The van der Waals surface area contributed by atoms with Crippen molar-refractivity contribution in [3.8, 4) is 0 Å².